The van der Waals surface area contributed by atoms with Crippen LogP contribution in [0.15, 0.2) is 36.5 Å². The van der Waals surface area contributed by atoms with Crippen molar-refractivity contribution in [1.29, 1.82) is 0 Å². The second kappa shape index (κ2) is 7.68. The third-order valence-electron chi connectivity index (χ3n) is 7.33. The molecule has 4 aromatic rings. The molecule has 0 radical (unpaired) electrons. The Morgan fingerprint density at radius 1 is 1.18 bits per heavy atom. The van der Waals surface area contributed by atoms with Crippen molar-refractivity contribution in [2.45, 2.75) is 58.3 Å². The summed E-state index contributed by atoms with van der Waals surface area (Å²) in [4.78, 5) is 11.8. The van der Waals surface area contributed by atoms with Gasteiger partial charge in [0.2, 0.25) is 0 Å². The number of fused-ring (bicyclic) bond motifs is 2. The summed E-state index contributed by atoms with van der Waals surface area (Å²) in [5, 5.41) is 18.9. The van der Waals surface area contributed by atoms with Crippen molar-refractivity contribution < 1.29 is 18.7 Å². The van der Waals surface area contributed by atoms with Crippen LogP contribution in [-0.2, 0) is 4.79 Å². The SMILES string of the molecule is CC(C)c1c(C2CCC(C)(C(=O)O)CC2)c2cc3[nH]ncc3cc2n1-c1ccc(F)c(F)c1. The molecule has 0 spiro atoms. The van der Waals surface area contributed by atoms with E-state index in [1.54, 1.807) is 12.3 Å². The van der Waals surface area contributed by atoms with Crippen LogP contribution < -0.4 is 0 Å². The standard InChI is InChI=1S/C26H27F2N3O2/c1-14(2)24-23(15-6-8-26(3,9-7-15)25(32)33)18-12-21-16(13-29-30-21)10-22(18)31(24)17-4-5-19(27)20(28)11-17/h4-5,10-15H,6-9H2,1-3H3,(H,29,30)(H,32,33). The number of rotatable bonds is 4. The predicted octanol–water partition coefficient (Wildman–Crippen LogP) is 6.66. The minimum atomic E-state index is -0.884. The van der Waals surface area contributed by atoms with Crippen LogP contribution in [0.4, 0.5) is 8.78 Å². The van der Waals surface area contributed by atoms with Crippen LogP contribution in [0.25, 0.3) is 27.5 Å². The molecule has 0 bridgehead atoms. The summed E-state index contributed by atoms with van der Waals surface area (Å²) in [6.45, 7) is 6.03. The van der Waals surface area contributed by atoms with Gasteiger partial charge in [0.25, 0.3) is 0 Å². The number of aliphatic carboxylic acids is 1. The molecule has 5 rings (SSSR count). The largest absolute Gasteiger partial charge is 0.481 e. The highest BCUT2D eigenvalue weighted by atomic mass is 19.2. The van der Waals surface area contributed by atoms with Crippen molar-refractivity contribution in [3.63, 3.8) is 0 Å². The average Bonchev–Trinajstić information content (AvgIpc) is 3.36. The minimum Gasteiger partial charge on any atom is -0.481 e. The van der Waals surface area contributed by atoms with Crippen molar-refractivity contribution >= 4 is 27.8 Å². The van der Waals surface area contributed by atoms with E-state index in [0.717, 1.165) is 46.4 Å². The number of aromatic amines is 1. The van der Waals surface area contributed by atoms with Crippen molar-refractivity contribution in [2.24, 2.45) is 5.41 Å². The maximum Gasteiger partial charge on any atom is 0.309 e. The number of benzene rings is 2. The van der Waals surface area contributed by atoms with E-state index in [0.29, 0.717) is 18.5 Å². The van der Waals surface area contributed by atoms with Gasteiger partial charge in [-0.2, -0.15) is 5.10 Å². The molecule has 2 N–H and O–H groups in total. The van der Waals surface area contributed by atoms with Crippen molar-refractivity contribution in [2.75, 3.05) is 0 Å². The normalized spacial score (nSPS) is 21.3. The summed E-state index contributed by atoms with van der Waals surface area (Å²) in [7, 11) is 0. The molecule has 5 nitrogen and oxygen atoms in total. The minimum absolute atomic E-state index is 0.116. The lowest BCUT2D eigenvalue weighted by atomic mass is 9.69. The molecule has 2 aromatic carbocycles. The average molecular weight is 452 g/mol. The van der Waals surface area contributed by atoms with Crippen LogP contribution in [0.2, 0.25) is 0 Å². The smallest absolute Gasteiger partial charge is 0.309 e. The Morgan fingerprint density at radius 3 is 2.55 bits per heavy atom. The van der Waals surface area contributed by atoms with Gasteiger partial charge in [-0.25, -0.2) is 8.78 Å². The van der Waals surface area contributed by atoms with Crippen LogP contribution in [-0.4, -0.2) is 25.8 Å². The Labute approximate surface area is 190 Å². The molecule has 2 heterocycles. The molecule has 7 heteroatoms. The number of hydrogen-bond donors (Lipinski definition) is 2. The zero-order chi connectivity index (χ0) is 23.5. The molecular weight excluding hydrogens is 424 g/mol. The zero-order valence-corrected chi connectivity index (χ0v) is 19.0. The number of aromatic nitrogens is 3. The lowest BCUT2D eigenvalue weighted by Crippen LogP contribution is -2.32. The maximum atomic E-state index is 14.3. The number of H-pyrrole nitrogens is 1. The highest BCUT2D eigenvalue weighted by molar-refractivity contribution is 5.99. The summed E-state index contributed by atoms with van der Waals surface area (Å²) < 4.78 is 30.0. The van der Waals surface area contributed by atoms with E-state index in [2.05, 4.69) is 30.1 Å². The first kappa shape index (κ1) is 21.6. The van der Waals surface area contributed by atoms with Crippen molar-refractivity contribution in [3.05, 3.63) is 59.4 Å². The van der Waals surface area contributed by atoms with E-state index in [1.165, 1.54) is 11.6 Å². The molecule has 2 aromatic heterocycles. The fourth-order valence-electron chi connectivity index (χ4n) is 5.43. The first-order valence-corrected chi connectivity index (χ1v) is 11.4. The topological polar surface area (TPSA) is 70.9 Å². The van der Waals surface area contributed by atoms with E-state index >= 15 is 0 Å². The first-order chi connectivity index (χ1) is 15.7. The summed E-state index contributed by atoms with van der Waals surface area (Å²) in [6, 6.07) is 8.13. The Balaban J connectivity index is 1.77. The number of hydrogen-bond acceptors (Lipinski definition) is 2. The zero-order valence-electron chi connectivity index (χ0n) is 19.0. The second-order valence-corrected chi connectivity index (χ2v) is 9.85. The van der Waals surface area contributed by atoms with E-state index in [9.17, 15) is 18.7 Å². The quantitative estimate of drug-likeness (QED) is 0.365. The number of carboxylic acid groups (broad SMARTS) is 1. The number of carbonyl (C=O) groups is 1. The van der Waals surface area contributed by atoms with E-state index in [4.69, 9.17) is 0 Å². The van der Waals surface area contributed by atoms with Crippen molar-refractivity contribution in [3.8, 4) is 5.69 Å². The Morgan fingerprint density at radius 2 is 1.91 bits per heavy atom. The van der Waals surface area contributed by atoms with Crippen LogP contribution >= 0.6 is 0 Å². The van der Waals surface area contributed by atoms with Gasteiger partial charge in [0.1, 0.15) is 0 Å². The summed E-state index contributed by atoms with van der Waals surface area (Å²) in [5.41, 5.74) is 3.92. The molecule has 1 fully saturated rings. The van der Waals surface area contributed by atoms with Gasteiger partial charge in [-0.1, -0.05) is 13.8 Å². The molecule has 0 aliphatic heterocycles. The third-order valence-corrected chi connectivity index (χ3v) is 7.33. The molecule has 1 aliphatic carbocycles. The third kappa shape index (κ3) is 3.41. The van der Waals surface area contributed by atoms with E-state index in [-0.39, 0.29) is 11.8 Å². The Kier molecular flexibility index (Phi) is 5.03. The van der Waals surface area contributed by atoms with Gasteiger partial charge in [-0.3, -0.25) is 9.89 Å². The van der Waals surface area contributed by atoms with E-state index in [1.807, 2.05) is 17.6 Å². The Hall–Kier alpha value is -3.22. The summed E-state index contributed by atoms with van der Waals surface area (Å²) in [5.74, 6) is -2.20. The molecule has 0 unspecified atom stereocenters. The molecule has 0 amide bonds. The fourth-order valence-corrected chi connectivity index (χ4v) is 5.43. The lowest BCUT2D eigenvalue weighted by Gasteiger charge is -2.34. The Bertz CT molecular complexity index is 1380. The van der Waals surface area contributed by atoms with Crippen LogP contribution in [0, 0.1) is 17.0 Å². The molecule has 172 valence electrons. The van der Waals surface area contributed by atoms with Gasteiger partial charge < -0.3 is 9.67 Å². The molecule has 0 saturated heterocycles. The second-order valence-electron chi connectivity index (χ2n) is 9.85. The van der Waals surface area contributed by atoms with Gasteiger partial charge in [0.05, 0.1) is 22.6 Å². The maximum absolute atomic E-state index is 14.3. The summed E-state index contributed by atoms with van der Waals surface area (Å²) >= 11 is 0. The van der Waals surface area contributed by atoms with Gasteiger partial charge in [-0.15, -0.1) is 0 Å². The summed E-state index contributed by atoms with van der Waals surface area (Å²) in [6.07, 6.45) is 4.50. The molecule has 33 heavy (non-hydrogen) atoms. The number of nitrogens with zero attached hydrogens (tertiary/aromatic N) is 2. The molecular formula is C26H27F2N3O2. The molecule has 1 saturated carbocycles. The number of nitrogens with one attached hydrogen (secondary N) is 1. The fraction of sp³-hybridized carbons (Fsp3) is 0.385. The van der Waals surface area contributed by atoms with Crippen LogP contribution in [0.5, 0.6) is 0 Å². The molecule has 0 atom stereocenters. The predicted molar refractivity (Wildman–Crippen MR) is 124 cm³/mol. The molecule has 1 aliphatic rings. The monoisotopic (exact) mass is 451 g/mol. The highest BCUT2D eigenvalue weighted by Crippen LogP contribution is 2.48. The first-order valence-electron chi connectivity index (χ1n) is 11.4. The van der Waals surface area contributed by atoms with Crippen LogP contribution in [0.1, 0.15) is 69.5 Å². The van der Waals surface area contributed by atoms with Gasteiger partial charge in [-0.05, 0) is 74.3 Å². The number of halogens is 2. The van der Waals surface area contributed by atoms with E-state index < -0.39 is 23.0 Å². The number of carboxylic acids is 1. The lowest BCUT2D eigenvalue weighted by molar-refractivity contribution is -0.149. The van der Waals surface area contributed by atoms with Crippen molar-refractivity contribution in [1.82, 2.24) is 14.8 Å². The van der Waals surface area contributed by atoms with Gasteiger partial charge >= 0.3 is 5.97 Å². The van der Waals surface area contributed by atoms with Gasteiger partial charge in [0.15, 0.2) is 11.6 Å². The highest BCUT2D eigenvalue weighted by Gasteiger charge is 2.39. The van der Waals surface area contributed by atoms with Gasteiger partial charge in [0, 0.05) is 28.2 Å². The van der Waals surface area contributed by atoms with Crippen LogP contribution in [0.3, 0.4) is 0 Å².